The van der Waals surface area contributed by atoms with Crippen molar-refractivity contribution in [2.24, 2.45) is 0 Å². The molecule has 0 bridgehead atoms. The lowest BCUT2D eigenvalue weighted by Crippen LogP contribution is -2.39. The Labute approximate surface area is 153 Å². The largest absolute Gasteiger partial charge is 0.487 e. The zero-order valence-electron chi connectivity index (χ0n) is 15.2. The van der Waals surface area contributed by atoms with Crippen molar-refractivity contribution in [3.05, 3.63) is 36.0 Å². The summed E-state index contributed by atoms with van der Waals surface area (Å²) in [5.41, 5.74) is 1.01. The molecule has 0 N–H and O–H groups in total. The number of hydrogen-bond acceptors (Lipinski definition) is 7. The van der Waals surface area contributed by atoms with Crippen molar-refractivity contribution in [3.8, 4) is 17.4 Å². The maximum atomic E-state index is 6.01. The first-order chi connectivity index (χ1) is 12.7. The maximum absolute atomic E-state index is 6.01. The van der Waals surface area contributed by atoms with Crippen LogP contribution >= 0.6 is 0 Å². The van der Waals surface area contributed by atoms with Crippen LogP contribution in [-0.4, -0.2) is 52.3 Å². The molecule has 26 heavy (non-hydrogen) atoms. The lowest BCUT2D eigenvalue weighted by Gasteiger charge is -2.35. The number of aryl methyl sites for hydroxylation is 1. The summed E-state index contributed by atoms with van der Waals surface area (Å²) in [4.78, 5) is 15.5. The molecule has 2 aliphatic heterocycles. The third kappa shape index (κ3) is 3.72. The summed E-state index contributed by atoms with van der Waals surface area (Å²) in [6.07, 6.45) is 5.65. The fourth-order valence-electron chi connectivity index (χ4n) is 3.38. The van der Waals surface area contributed by atoms with E-state index in [1.807, 2.05) is 19.1 Å². The highest BCUT2D eigenvalue weighted by Gasteiger charge is 2.26. The van der Waals surface area contributed by atoms with Crippen LogP contribution < -0.4 is 14.2 Å². The highest BCUT2D eigenvalue weighted by atomic mass is 16.6. The van der Waals surface area contributed by atoms with Crippen molar-refractivity contribution < 1.29 is 14.2 Å². The van der Waals surface area contributed by atoms with Crippen molar-refractivity contribution in [2.45, 2.75) is 38.8 Å². The standard InChI is InChI=1S/C19H24N4O3/c1-13(17-3-4-18-19(22-17)25-10-9-24-18)23-7-5-15(6-8-23)26-16-11-20-14(2)21-12-16/h3-4,11-13,15H,5-10H2,1-2H3. The van der Waals surface area contributed by atoms with E-state index in [2.05, 4.69) is 26.8 Å². The van der Waals surface area contributed by atoms with Gasteiger partial charge in [-0.2, -0.15) is 0 Å². The lowest BCUT2D eigenvalue weighted by atomic mass is 10.0. The Morgan fingerprint density at radius 1 is 1.12 bits per heavy atom. The second kappa shape index (κ2) is 7.45. The van der Waals surface area contributed by atoms with Crippen molar-refractivity contribution in [3.63, 3.8) is 0 Å². The van der Waals surface area contributed by atoms with Crippen LogP contribution in [0.15, 0.2) is 24.5 Å². The van der Waals surface area contributed by atoms with Gasteiger partial charge in [-0.1, -0.05) is 0 Å². The van der Waals surface area contributed by atoms with Gasteiger partial charge in [0.2, 0.25) is 0 Å². The predicted molar refractivity (Wildman–Crippen MR) is 95.6 cm³/mol. The molecule has 2 aromatic heterocycles. The molecule has 4 rings (SSSR count). The van der Waals surface area contributed by atoms with Gasteiger partial charge in [-0.3, -0.25) is 4.90 Å². The third-order valence-corrected chi connectivity index (χ3v) is 4.94. The van der Waals surface area contributed by atoms with Gasteiger partial charge in [-0.25, -0.2) is 15.0 Å². The van der Waals surface area contributed by atoms with Crippen LogP contribution in [0.1, 0.15) is 37.3 Å². The number of hydrogen-bond donors (Lipinski definition) is 0. The zero-order chi connectivity index (χ0) is 17.9. The van der Waals surface area contributed by atoms with E-state index < -0.39 is 0 Å². The average Bonchev–Trinajstić information content (AvgIpc) is 2.69. The van der Waals surface area contributed by atoms with Gasteiger partial charge in [0, 0.05) is 19.1 Å². The Hall–Kier alpha value is -2.41. The fourth-order valence-corrected chi connectivity index (χ4v) is 3.38. The molecule has 0 aliphatic carbocycles. The third-order valence-electron chi connectivity index (χ3n) is 4.94. The molecule has 0 spiro atoms. The average molecular weight is 356 g/mol. The Morgan fingerprint density at radius 2 is 1.85 bits per heavy atom. The SMILES string of the molecule is Cc1ncc(OC2CCN(C(C)c3ccc4c(n3)OCCO4)CC2)cn1. The number of nitrogens with zero attached hydrogens (tertiary/aromatic N) is 4. The first kappa shape index (κ1) is 17.0. The van der Waals surface area contributed by atoms with Crippen LogP contribution in [0, 0.1) is 6.92 Å². The molecule has 138 valence electrons. The van der Waals surface area contributed by atoms with Gasteiger partial charge in [-0.15, -0.1) is 0 Å². The summed E-state index contributed by atoms with van der Waals surface area (Å²) in [6, 6.07) is 4.22. The molecule has 1 fully saturated rings. The van der Waals surface area contributed by atoms with Crippen LogP contribution in [-0.2, 0) is 0 Å². The van der Waals surface area contributed by atoms with Gasteiger partial charge >= 0.3 is 0 Å². The van der Waals surface area contributed by atoms with Crippen LogP contribution in [0.2, 0.25) is 0 Å². The molecule has 1 saturated heterocycles. The van der Waals surface area contributed by atoms with E-state index in [1.165, 1.54) is 0 Å². The number of aromatic nitrogens is 3. The number of rotatable bonds is 4. The number of ether oxygens (including phenoxy) is 3. The molecule has 2 aromatic rings. The van der Waals surface area contributed by atoms with Crippen molar-refractivity contribution in [1.29, 1.82) is 0 Å². The van der Waals surface area contributed by atoms with E-state index in [1.54, 1.807) is 12.4 Å². The smallest absolute Gasteiger partial charge is 0.257 e. The number of fused-ring (bicyclic) bond motifs is 1. The second-order valence-corrected chi connectivity index (χ2v) is 6.73. The van der Waals surface area contributed by atoms with E-state index in [4.69, 9.17) is 14.2 Å². The van der Waals surface area contributed by atoms with Gasteiger partial charge in [0.05, 0.1) is 18.1 Å². The minimum absolute atomic E-state index is 0.206. The molecule has 0 aromatic carbocycles. The molecule has 0 amide bonds. The van der Waals surface area contributed by atoms with E-state index in [9.17, 15) is 0 Å². The summed E-state index contributed by atoms with van der Waals surface area (Å²) in [7, 11) is 0. The van der Waals surface area contributed by atoms with Gasteiger partial charge < -0.3 is 14.2 Å². The first-order valence-electron chi connectivity index (χ1n) is 9.15. The molecule has 2 aliphatic rings. The van der Waals surface area contributed by atoms with Gasteiger partial charge in [0.15, 0.2) is 11.5 Å². The summed E-state index contributed by atoms with van der Waals surface area (Å²) in [5.74, 6) is 2.85. The minimum atomic E-state index is 0.206. The summed E-state index contributed by atoms with van der Waals surface area (Å²) < 4.78 is 17.2. The van der Waals surface area contributed by atoms with Crippen LogP contribution in [0.25, 0.3) is 0 Å². The molecule has 7 heteroatoms. The van der Waals surface area contributed by atoms with Gasteiger partial charge in [0.25, 0.3) is 5.88 Å². The normalized spacial score (nSPS) is 19.2. The topological polar surface area (TPSA) is 69.6 Å². The van der Waals surface area contributed by atoms with E-state index >= 15 is 0 Å². The molecule has 7 nitrogen and oxygen atoms in total. The van der Waals surface area contributed by atoms with Crippen LogP contribution in [0.3, 0.4) is 0 Å². The Kier molecular flexibility index (Phi) is 4.88. The Morgan fingerprint density at radius 3 is 2.62 bits per heavy atom. The lowest BCUT2D eigenvalue weighted by molar-refractivity contribution is 0.0776. The summed E-state index contributed by atoms with van der Waals surface area (Å²) in [6.45, 7) is 7.14. The molecule has 4 heterocycles. The second-order valence-electron chi connectivity index (χ2n) is 6.73. The van der Waals surface area contributed by atoms with Crippen molar-refractivity contribution >= 4 is 0 Å². The molecule has 1 unspecified atom stereocenters. The zero-order valence-corrected chi connectivity index (χ0v) is 15.2. The molecular formula is C19H24N4O3. The molecular weight excluding hydrogens is 332 g/mol. The fraction of sp³-hybridized carbons (Fsp3) is 0.526. The quantitative estimate of drug-likeness (QED) is 0.834. The van der Waals surface area contributed by atoms with E-state index in [0.717, 1.165) is 48.9 Å². The predicted octanol–water partition coefficient (Wildman–Crippen LogP) is 2.56. The van der Waals surface area contributed by atoms with E-state index in [0.29, 0.717) is 19.1 Å². The number of likely N-dealkylation sites (tertiary alicyclic amines) is 1. The van der Waals surface area contributed by atoms with Crippen LogP contribution in [0.5, 0.6) is 17.4 Å². The minimum Gasteiger partial charge on any atom is -0.487 e. The van der Waals surface area contributed by atoms with Gasteiger partial charge in [-0.05, 0) is 38.8 Å². The number of pyridine rings is 1. The van der Waals surface area contributed by atoms with E-state index in [-0.39, 0.29) is 12.1 Å². The maximum Gasteiger partial charge on any atom is 0.257 e. The number of piperidine rings is 1. The monoisotopic (exact) mass is 356 g/mol. The summed E-state index contributed by atoms with van der Waals surface area (Å²) >= 11 is 0. The van der Waals surface area contributed by atoms with Gasteiger partial charge in [0.1, 0.15) is 25.1 Å². The Balaban J connectivity index is 1.34. The first-order valence-corrected chi connectivity index (χ1v) is 9.15. The molecule has 0 radical (unpaired) electrons. The Bertz CT molecular complexity index is 745. The summed E-state index contributed by atoms with van der Waals surface area (Å²) in [5, 5.41) is 0. The van der Waals surface area contributed by atoms with Crippen LogP contribution in [0.4, 0.5) is 0 Å². The molecule has 1 atom stereocenters. The highest BCUT2D eigenvalue weighted by Crippen LogP contribution is 2.31. The molecule has 0 saturated carbocycles. The van der Waals surface area contributed by atoms with Crippen molar-refractivity contribution in [1.82, 2.24) is 19.9 Å². The highest BCUT2D eigenvalue weighted by molar-refractivity contribution is 5.36. The van der Waals surface area contributed by atoms with Crippen molar-refractivity contribution in [2.75, 3.05) is 26.3 Å².